The van der Waals surface area contributed by atoms with E-state index < -0.39 is 24.1 Å². The van der Waals surface area contributed by atoms with Gasteiger partial charge in [0.1, 0.15) is 12.0 Å². The van der Waals surface area contributed by atoms with Crippen LogP contribution in [0.4, 0.5) is 0 Å². The van der Waals surface area contributed by atoms with E-state index in [9.17, 15) is 15.0 Å². The Bertz CT molecular complexity index is 209. The number of esters is 1. The van der Waals surface area contributed by atoms with E-state index in [4.69, 9.17) is 4.74 Å². The summed E-state index contributed by atoms with van der Waals surface area (Å²) in [7, 11) is 0. The van der Waals surface area contributed by atoms with Gasteiger partial charge in [-0.3, -0.25) is 4.79 Å². The number of aliphatic hydroxyl groups excluding tert-OH is 2. The molecular formula is C7H9BrO4. The molecule has 0 aromatic rings. The molecule has 2 fully saturated rings. The first-order valence-electron chi connectivity index (χ1n) is 3.82. The van der Waals surface area contributed by atoms with Gasteiger partial charge in [-0.15, -0.1) is 0 Å². The number of halogens is 1. The van der Waals surface area contributed by atoms with Crippen LogP contribution >= 0.6 is 15.9 Å². The van der Waals surface area contributed by atoms with Crippen LogP contribution in [-0.2, 0) is 9.53 Å². The third-order valence-electron chi connectivity index (χ3n) is 2.46. The molecule has 1 aliphatic heterocycles. The zero-order valence-corrected chi connectivity index (χ0v) is 7.77. The highest BCUT2D eigenvalue weighted by Crippen LogP contribution is 2.39. The minimum atomic E-state index is -0.954. The van der Waals surface area contributed by atoms with Crippen molar-refractivity contribution in [2.24, 2.45) is 5.92 Å². The average molecular weight is 237 g/mol. The summed E-state index contributed by atoms with van der Waals surface area (Å²) >= 11 is 3.29. The number of hydrogen-bond acceptors (Lipinski definition) is 4. The lowest BCUT2D eigenvalue weighted by Crippen LogP contribution is -2.62. The lowest BCUT2D eigenvalue weighted by atomic mass is 9.78. The van der Waals surface area contributed by atoms with Gasteiger partial charge in [-0.2, -0.15) is 0 Å². The zero-order chi connectivity index (χ0) is 8.88. The van der Waals surface area contributed by atoms with Crippen molar-refractivity contribution in [3.8, 4) is 0 Å². The van der Waals surface area contributed by atoms with Crippen molar-refractivity contribution in [1.29, 1.82) is 0 Å². The quantitative estimate of drug-likeness (QED) is 0.437. The Balaban J connectivity index is 2.15. The van der Waals surface area contributed by atoms with Crippen molar-refractivity contribution >= 4 is 21.9 Å². The lowest BCUT2D eigenvalue weighted by molar-refractivity contribution is -0.211. The molecular weight excluding hydrogens is 228 g/mol. The van der Waals surface area contributed by atoms with E-state index in [1.165, 1.54) is 0 Å². The van der Waals surface area contributed by atoms with Gasteiger partial charge in [0.15, 0.2) is 0 Å². The summed E-state index contributed by atoms with van der Waals surface area (Å²) in [6, 6.07) is 0. The normalized spacial score (nSPS) is 52.2. The molecule has 5 atom stereocenters. The first-order chi connectivity index (χ1) is 5.61. The Labute approximate surface area is 77.6 Å². The SMILES string of the molecule is O=C1O[C@@H]2[C@H]1[C@@H](O)[C@@H](O)C[C@H]2Br. The highest BCUT2D eigenvalue weighted by molar-refractivity contribution is 9.09. The number of alkyl halides is 1. The highest BCUT2D eigenvalue weighted by atomic mass is 79.9. The van der Waals surface area contributed by atoms with Crippen molar-refractivity contribution in [3.63, 3.8) is 0 Å². The molecule has 4 nitrogen and oxygen atoms in total. The Morgan fingerprint density at radius 2 is 2.17 bits per heavy atom. The summed E-state index contributed by atoms with van der Waals surface area (Å²) in [5.41, 5.74) is 0. The van der Waals surface area contributed by atoms with Crippen LogP contribution in [0.5, 0.6) is 0 Å². The van der Waals surface area contributed by atoms with Gasteiger partial charge in [0.05, 0.1) is 17.0 Å². The van der Waals surface area contributed by atoms with Gasteiger partial charge < -0.3 is 14.9 Å². The van der Waals surface area contributed by atoms with Gasteiger partial charge in [-0.25, -0.2) is 0 Å². The summed E-state index contributed by atoms with van der Waals surface area (Å²) < 4.78 is 4.82. The van der Waals surface area contributed by atoms with E-state index in [1.54, 1.807) is 0 Å². The summed E-state index contributed by atoms with van der Waals surface area (Å²) in [6.45, 7) is 0. The molecule has 0 amide bonds. The standard InChI is InChI=1S/C7H9BrO4/c8-2-1-3(9)5(10)4-6(2)12-7(4)11/h2-6,9-10H,1H2/t2-,3+,4-,5+,6+/m1/s1. The molecule has 0 unspecified atom stereocenters. The summed E-state index contributed by atoms with van der Waals surface area (Å²) in [6.07, 6.45) is -1.60. The molecule has 2 aliphatic rings. The van der Waals surface area contributed by atoms with E-state index in [0.717, 1.165) is 0 Å². The molecule has 0 spiro atoms. The fourth-order valence-electron chi connectivity index (χ4n) is 1.72. The molecule has 12 heavy (non-hydrogen) atoms. The second kappa shape index (κ2) is 2.68. The third-order valence-corrected chi connectivity index (χ3v) is 3.36. The average Bonchev–Trinajstić information content (AvgIpc) is 1.97. The minimum absolute atomic E-state index is 0.0291. The molecule has 5 heteroatoms. The molecule has 2 N–H and O–H groups in total. The zero-order valence-electron chi connectivity index (χ0n) is 6.18. The van der Waals surface area contributed by atoms with E-state index in [-0.39, 0.29) is 10.9 Å². The molecule has 0 aromatic heterocycles. The van der Waals surface area contributed by atoms with Gasteiger partial charge in [0, 0.05) is 0 Å². The highest BCUT2D eigenvalue weighted by Gasteiger charge is 2.56. The molecule has 1 saturated heterocycles. The van der Waals surface area contributed by atoms with E-state index in [1.807, 2.05) is 0 Å². The number of fused-ring (bicyclic) bond motifs is 1. The molecule has 1 aliphatic carbocycles. The van der Waals surface area contributed by atoms with Crippen LogP contribution in [0.1, 0.15) is 6.42 Å². The van der Waals surface area contributed by atoms with E-state index in [2.05, 4.69) is 15.9 Å². The number of ether oxygens (including phenoxy) is 1. The van der Waals surface area contributed by atoms with Gasteiger partial charge >= 0.3 is 5.97 Å². The smallest absolute Gasteiger partial charge is 0.315 e. The van der Waals surface area contributed by atoms with Crippen LogP contribution in [0.3, 0.4) is 0 Å². The predicted octanol–water partition coefficient (Wildman–Crippen LogP) is -0.583. The van der Waals surface area contributed by atoms with Crippen molar-refractivity contribution in [2.45, 2.75) is 29.6 Å². The predicted molar refractivity (Wildman–Crippen MR) is 42.7 cm³/mol. The second-order valence-corrected chi connectivity index (χ2v) is 4.41. The topological polar surface area (TPSA) is 66.8 Å². The number of rotatable bonds is 0. The largest absolute Gasteiger partial charge is 0.460 e. The van der Waals surface area contributed by atoms with Gasteiger partial charge in [0.25, 0.3) is 0 Å². The van der Waals surface area contributed by atoms with Crippen LogP contribution in [0.25, 0.3) is 0 Å². The van der Waals surface area contributed by atoms with E-state index in [0.29, 0.717) is 6.42 Å². The van der Waals surface area contributed by atoms with Crippen molar-refractivity contribution in [3.05, 3.63) is 0 Å². The van der Waals surface area contributed by atoms with E-state index >= 15 is 0 Å². The Kier molecular flexibility index (Phi) is 1.89. The van der Waals surface area contributed by atoms with Crippen molar-refractivity contribution in [1.82, 2.24) is 0 Å². The first kappa shape index (κ1) is 8.47. The molecule has 0 bridgehead atoms. The fraction of sp³-hybridized carbons (Fsp3) is 0.857. The maximum absolute atomic E-state index is 10.9. The molecule has 2 rings (SSSR count). The van der Waals surface area contributed by atoms with Crippen LogP contribution < -0.4 is 0 Å². The van der Waals surface area contributed by atoms with Crippen LogP contribution in [-0.4, -0.2) is 39.3 Å². The minimum Gasteiger partial charge on any atom is -0.460 e. The Morgan fingerprint density at radius 1 is 1.50 bits per heavy atom. The lowest BCUT2D eigenvalue weighted by Gasteiger charge is -2.46. The van der Waals surface area contributed by atoms with Gasteiger partial charge in [-0.05, 0) is 6.42 Å². The van der Waals surface area contributed by atoms with Crippen LogP contribution in [0, 0.1) is 5.92 Å². The monoisotopic (exact) mass is 236 g/mol. The molecule has 0 aromatic carbocycles. The summed E-state index contributed by atoms with van der Waals surface area (Å²) in [4.78, 5) is 10.8. The Hall–Kier alpha value is -0.130. The second-order valence-electron chi connectivity index (χ2n) is 3.24. The maximum Gasteiger partial charge on any atom is 0.315 e. The van der Waals surface area contributed by atoms with Crippen molar-refractivity contribution < 1.29 is 19.7 Å². The Morgan fingerprint density at radius 3 is 2.75 bits per heavy atom. The summed E-state index contributed by atoms with van der Waals surface area (Å²) in [5, 5.41) is 18.7. The third kappa shape index (κ3) is 1.000. The molecule has 1 heterocycles. The molecule has 68 valence electrons. The van der Waals surface area contributed by atoms with Crippen LogP contribution in [0.2, 0.25) is 0 Å². The van der Waals surface area contributed by atoms with Crippen LogP contribution in [0.15, 0.2) is 0 Å². The molecule has 1 saturated carbocycles. The maximum atomic E-state index is 10.9. The number of carbonyl (C=O) groups is 1. The summed E-state index contributed by atoms with van der Waals surface area (Å²) in [5.74, 6) is -0.936. The van der Waals surface area contributed by atoms with Crippen molar-refractivity contribution in [2.75, 3.05) is 0 Å². The molecule has 0 radical (unpaired) electrons. The number of hydrogen-bond donors (Lipinski definition) is 2. The fourth-order valence-corrected chi connectivity index (χ4v) is 2.54. The number of carbonyl (C=O) groups excluding carboxylic acids is 1. The van der Waals surface area contributed by atoms with Gasteiger partial charge in [0.2, 0.25) is 0 Å². The first-order valence-corrected chi connectivity index (χ1v) is 4.73. The number of aliphatic hydroxyl groups is 2. The van der Waals surface area contributed by atoms with Gasteiger partial charge in [-0.1, -0.05) is 15.9 Å².